The number of nitrogens with one attached hydrogen (secondary N) is 1. The van der Waals surface area contributed by atoms with Crippen LogP contribution in [0.4, 0.5) is 11.5 Å². The second-order valence-corrected chi connectivity index (χ2v) is 5.04. The molecule has 108 valence electrons. The lowest BCUT2D eigenvalue weighted by Crippen LogP contribution is -2.35. The van der Waals surface area contributed by atoms with E-state index in [1.54, 1.807) is 12.1 Å². The van der Waals surface area contributed by atoms with Gasteiger partial charge in [-0.05, 0) is 38.8 Å². The lowest BCUT2D eigenvalue weighted by Gasteiger charge is -2.25. The zero-order valence-corrected chi connectivity index (χ0v) is 12.2. The van der Waals surface area contributed by atoms with Gasteiger partial charge in [-0.3, -0.25) is 0 Å². The van der Waals surface area contributed by atoms with E-state index in [9.17, 15) is 5.11 Å². The van der Waals surface area contributed by atoms with Crippen molar-refractivity contribution in [3.63, 3.8) is 0 Å². The highest BCUT2D eigenvalue weighted by atomic mass is 16.5. The Hall–Kier alpha value is -1.49. The largest absolute Gasteiger partial charge is 0.473 e. The molecule has 5 nitrogen and oxygen atoms in total. The summed E-state index contributed by atoms with van der Waals surface area (Å²) in [4.78, 5) is 4.31. The number of aromatic nitrogens is 1. The number of nitrogens with two attached hydrogens (primary N) is 1. The molecule has 1 rings (SSSR count). The topological polar surface area (TPSA) is 80.4 Å². The molecule has 0 fully saturated rings. The third-order valence-electron chi connectivity index (χ3n) is 3.15. The number of nitrogen functional groups attached to an aromatic ring is 1. The van der Waals surface area contributed by atoms with Gasteiger partial charge in [0.05, 0.1) is 17.4 Å². The first-order chi connectivity index (χ1) is 8.90. The van der Waals surface area contributed by atoms with Crippen LogP contribution in [0.5, 0.6) is 5.88 Å². The second-order valence-electron chi connectivity index (χ2n) is 5.04. The predicted octanol–water partition coefficient (Wildman–Crippen LogP) is 2.41. The molecule has 0 amide bonds. The second kappa shape index (κ2) is 6.61. The fraction of sp³-hybridized carbons (Fsp3) is 0.643. The van der Waals surface area contributed by atoms with Crippen molar-refractivity contribution in [3.8, 4) is 5.88 Å². The number of rotatable bonds is 7. The summed E-state index contributed by atoms with van der Waals surface area (Å²) >= 11 is 0. The van der Waals surface area contributed by atoms with E-state index in [4.69, 9.17) is 10.5 Å². The van der Waals surface area contributed by atoms with E-state index >= 15 is 0 Å². The summed E-state index contributed by atoms with van der Waals surface area (Å²) in [5, 5.41) is 13.3. The van der Waals surface area contributed by atoms with Gasteiger partial charge in [-0.1, -0.05) is 13.8 Å². The summed E-state index contributed by atoms with van der Waals surface area (Å²) in [6, 6.07) is 3.54. The van der Waals surface area contributed by atoms with Crippen LogP contribution in [0.15, 0.2) is 12.1 Å². The Morgan fingerprint density at radius 2 is 2.00 bits per heavy atom. The minimum atomic E-state index is -0.706. The number of pyridine rings is 1. The zero-order valence-electron chi connectivity index (χ0n) is 12.2. The normalized spacial score (nSPS) is 11.7. The average Bonchev–Trinajstić information content (AvgIpc) is 2.39. The van der Waals surface area contributed by atoms with Gasteiger partial charge in [0.15, 0.2) is 0 Å². The molecule has 1 aromatic rings. The van der Waals surface area contributed by atoms with Crippen molar-refractivity contribution in [1.82, 2.24) is 4.98 Å². The molecule has 0 aliphatic carbocycles. The lowest BCUT2D eigenvalue weighted by atomic mass is 9.98. The van der Waals surface area contributed by atoms with Gasteiger partial charge in [0, 0.05) is 6.54 Å². The molecule has 0 saturated carbocycles. The molecule has 0 aliphatic rings. The summed E-state index contributed by atoms with van der Waals surface area (Å²) in [5.41, 5.74) is 5.62. The third kappa shape index (κ3) is 4.59. The maximum absolute atomic E-state index is 10.2. The van der Waals surface area contributed by atoms with Gasteiger partial charge >= 0.3 is 0 Å². The van der Waals surface area contributed by atoms with Gasteiger partial charge in [0.1, 0.15) is 5.82 Å². The zero-order chi connectivity index (χ0) is 14.5. The van der Waals surface area contributed by atoms with Gasteiger partial charge in [-0.15, -0.1) is 0 Å². The number of nitrogens with zero attached hydrogens (tertiary/aromatic N) is 1. The van der Waals surface area contributed by atoms with Crippen LogP contribution in [-0.2, 0) is 0 Å². The van der Waals surface area contributed by atoms with E-state index < -0.39 is 5.60 Å². The molecule has 0 atom stereocenters. The lowest BCUT2D eigenvalue weighted by molar-refractivity contribution is 0.0456. The molecule has 0 spiro atoms. The number of aliphatic hydroxyl groups is 1. The molecule has 0 aliphatic heterocycles. The maximum Gasteiger partial charge on any atom is 0.239 e. The summed E-state index contributed by atoms with van der Waals surface area (Å²) < 4.78 is 5.53. The smallest absolute Gasteiger partial charge is 0.239 e. The molecule has 5 heteroatoms. The highest BCUT2D eigenvalue weighted by Crippen LogP contribution is 2.23. The SMILES string of the molecule is CCC(O)(CC)CNc1ccc(N)c(OC(C)C)n1. The molecule has 0 unspecified atom stereocenters. The average molecular weight is 267 g/mol. The van der Waals surface area contributed by atoms with Crippen molar-refractivity contribution in [1.29, 1.82) is 0 Å². The first kappa shape index (κ1) is 15.6. The minimum absolute atomic E-state index is 0.0215. The Labute approximate surface area is 115 Å². The third-order valence-corrected chi connectivity index (χ3v) is 3.15. The van der Waals surface area contributed by atoms with Crippen molar-refractivity contribution >= 4 is 11.5 Å². The number of hydrogen-bond acceptors (Lipinski definition) is 5. The molecule has 0 radical (unpaired) electrons. The Balaban J connectivity index is 2.74. The molecule has 4 N–H and O–H groups in total. The number of anilines is 2. The molecular weight excluding hydrogens is 242 g/mol. The number of hydrogen-bond donors (Lipinski definition) is 3. The minimum Gasteiger partial charge on any atom is -0.473 e. The quantitative estimate of drug-likeness (QED) is 0.707. The van der Waals surface area contributed by atoms with Gasteiger partial charge in [-0.2, -0.15) is 4.98 Å². The van der Waals surface area contributed by atoms with E-state index in [2.05, 4.69) is 10.3 Å². The van der Waals surface area contributed by atoms with Crippen LogP contribution in [0.1, 0.15) is 40.5 Å². The number of ether oxygens (including phenoxy) is 1. The Morgan fingerprint density at radius 3 is 2.53 bits per heavy atom. The van der Waals surface area contributed by atoms with E-state index in [1.807, 2.05) is 27.7 Å². The van der Waals surface area contributed by atoms with Crippen LogP contribution in [-0.4, -0.2) is 28.3 Å². The van der Waals surface area contributed by atoms with Crippen LogP contribution < -0.4 is 15.8 Å². The standard InChI is InChI=1S/C14H25N3O2/c1-5-14(18,6-2)9-16-12-8-7-11(15)13(17-12)19-10(3)4/h7-8,10,18H,5-6,9,15H2,1-4H3,(H,16,17). The van der Waals surface area contributed by atoms with Crippen molar-refractivity contribution in [2.75, 3.05) is 17.6 Å². The van der Waals surface area contributed by atoms with Crippen molar-refractivity contribution < 1.29 is 9.84 Å². The molecular formula is C14H25N3O2. The van der Waals surface area contributed by atoms with Gasteiger partial charge < -0.3 is 20.9 Å². The van der Waals surface area contributed by atoms with Crippen LogP contribution in [0, 0.1) is 0 Å². The van der Waals surface area contributed by atoms with Crippen molar-refractivity contribution in [3.05, 3.63) is 12.1 Å². The summed E-state index contributed by atoms with van der Waals surface area (Å²) in [5.74, 6) is 1.08. The molecule has 1 heterocycles. The molecule has 1 aromatic heterocycles. The van der Waals surface area contributed by atoms with Crippen LogP contribution in [0.25, 0.3) is 0 Å². The van der Waals surface area contributed by atoms with Crippen molar-refractivity contribution in [2.45, 2.75) is 52.2 Å². The molecule has 19 heavy (non-hydrogen) atoms. The fourth-order valence-electron chi connectivity index (χ4n) is 1.62. The van der Waals surface area contributed by atoms with E-state index in [-0.39, 0.29) is 6.10 Å². The first-order valence-corrected chi connectivity index (χ1v) is 6.79. The van der Waals surface area contributed by atoms with Gasteiger partial charge in [0.25, 0.3) is 0 Å². The highest BCUT2D eigenvalue weighted by Gasteiger charge is 2.21. The Morgan fingerprint density at radius 1 is 1.37 bits per heavy atom. The summed E-state index contributed by atoms with van der Waals surface area (Å²) in [6.07, 6.45) is 1.41. The molecule has 0 bridgehead atoms. The predicted molar refractivity (Wildman–Crippen MR) is 78.4 cm³/mol. The first-order valence-electron chi connectivity index (χ1n) is 6.79. The fourth-order valence-corrected chi connectivity index (χ4v) is 1.62. The summed E-state index contributed by atoms with van der Waals surface area (Å²) in [7, 11) is 0. The molecule has 0 aromatic carbocycles. The van der Waals surface area contributed by atoms with Crippen LogP contribution in [0.3, 0.4) is 0 Å². The maximum atomic E-state index is 10.2. The Bertz CT molecular complexity index is 404. The molecule has 0 saturated heterocycles. The van der Waals surface area contributed by atoms with E-state index in [1.165, 1.54) is 0 Å². The van der Waals surface area contributed by atoms with Gasteiger partial charge in [-0.25, -0.2) is 0 Å². The van der Waals surface area contributed by atoms with Crippen LogP contribution >= 0.6 is 0 Å². The summed E-state index contributed by atoms with van der Waals surface area (Å²) in [6.45, 7) is 8.24. The van der Waals surface area contributed by atoms with Crippen LogP contribution in [0.2, 0.25) is 0 Å². The Kier molecular flexibility index (Phi) is 5.42. The monoisotopic (exact) mass is 267 g/mol. The highest BCUT2D eigenvalue weighted by molar-refractivity contribution is 5.53. The van der Waals surface area contributed by atoms with Gasteiger partial charge in [0.2, 0.25) is 5.88 Å². The van der Waals surface area contributed by atoms with Crippen molar-refractivity contribution in [2.24, 2.45) is 0 Å². The van der Waals surface area contributed by atoms with E-state index in [0.29, 0.717) is 36.8 Å². The van der Waals surface area contributed by atoms with E-state index in [0.717, 1.165) is 0 Å².